The number of rotatable bonds is 2. The predicted molar refractivity (Wildman–Crippen MR) is 86.8 cm³/mol. The SMILES string of the molecule is Cc1ccc(S(=O)(=O)N2CCC3CCC(C2)N3)cc1Cl.Cl. The van der Waals surface area contributed by atoms with Gasteiger partial charge in [0, 0.05) is 30.2 Å². The molecule has 2 heterocycles. The summed E-state index contributed by atoms with van der Waals surface area (Å²) >= 11 is 6.06. The van der Waals surface area contributed by atoms with Crippen LogP contribution in [0.15, 0.2) is 23.1 Å². The van der Waals surface area contributed by atoms with Gasteiger partial charge >= 0.3 is 0 Å². The summed E-state index contributed by atoms with van der Waals surface area (Å²) < 4.78 is 27.0. The molecule has 2 saturated heterocycles. The number of aryl methyl sites for hydroxylation is 1. The zero-order chi connectivity index (χ0) is 14.3. The Balaban J connectivity index is 0.00000161. The third kappa shape index (κ3) is 3.37. The van der Waals surface area contributed by atoms with Crippen LogP contribution in [0.3, 0.4) is 0 Å². The van der Waals surface area contributed by atoms with Crippen molar-refractivity contribution in [3.05, 3.63) is 28.8 Å². The molecule has 0 amide bonds. The number of fused-ring (bicyclic) bond motifs is 2. The third-order valence-electron chi connectivity index (χ3n) is 4.27. The largest absolute Gasteiger partial charge is 0.310 e. The van der Waals surface area contributed by atoms with E-state index in [1.54, 1.807) is 22.5 Å². The number of benzene rings is 1. The van der Waals surface area contributed by atoms with Crippen molar-refractivity contribution in [3.8, 4) is 0 Å². The van der Waals surface area contributed by atoms with E-state index >= 15 is 0 Å². The van der Waals surface area contributed by atoms with Crippen LogP contribution in [-0.2, 0) is 10.0 Å². The number of hydrogen-bond donors (Lipinski definition) is 1. The maximum absolute atomic E-state index is 12.7. The molecule has 2 aliphatic rings. The lowest BCUT2D eigenvalue weighted by Crippen LogP contribution is -2.39. The highest BCUT2D eigenvalue weighted by Crippen LogP contribution is 2.27. The topological polar surface area (TPSA) is 49.4 Å². The van der Waals surface area contributed by atoms with Gasteiger partial charge in [0.15, 0.2) is 0 Å². The first-order valence-electron chi connectivity index (χ1n) is 6.99. The molecule has 2 fully saturated rings. The zero-order valence-corrected chi connectivity index (χ0v) is 14.3. The number of sulfonamides is 1. The third-order valence-corrected chi connectivity index (χ3v) is 6.54. The molecule has 2 atom stereocenters. The highest BCUT2D eigenvalue weighted by molar-refractivity contribution is 7.89. The fourth-order valence-corrected chi connectivity index (χ4v) is 4.78. The van der Waals surface area contributed by atoms with Gasteiger partial charge in [0.1, 0.15) is 0 Å². The van der Waals surface area contributed by atoms with Crippen LogP contribution in [0.5, 0.6) is 0 Å². The summed E-state index contributed by atoms with van der Waals surface area (Å²) in [7, 11) is -3.44. The summed E-state index contributed by atoms with van der Waals surface area (Å²) in [5.74, 6) is 0. The summed E-state index contributed by atoms with van der Waals surface area (Å²) in [5.41, 5.74) is 0.891. The van der Waals surface area contributed by atoms with Crippen molar-refractivity contribution < 1.29 is 8.42 Å². The van der Waals surface area contributed by atoms with Crippen LogP contribution in [0.25, 0.3) is 0 Å². The second kappa shape index (κ2) is 6.42. The lowest BCUT2D eigenvalue weighted by molar-refractivity contribution is 0.383. The van der Waals surface area contributed by atoms with Gasteiger partial charge in [-0.15, -0.1) is 12.4 Å². The van der Waals surface area contributed by atoms with E-state index in [0.717, 1.165) is 24.8 Å². The molecule has 7 heteroatoms. The van der Waals surface area contributed by atoms with Gasteiger partial charge in [-0.05, 0) is 43.9 Å². The van der Waals surface area contributed by atoms with Crippen molar-refractivity contribution in [1.29, 1.82) is 0 Å². The molecule has 2 aliphatic heterocycles. The average Bonchev–Trinajstić information content (AvgIpc) is 2.71. The first kappa shape index (κ1) is 17.0. The molecule has 0 aromatic heterocycles. The Morgan fingerprint density at radius 1 is 1.24 bits per heavy atom. The minimum Gasteiger partial charge on any atom is -0.310 e. The van der Waals surface area contributed by atoms with E-state index in [0.29, 0.717) is 29.0 Å². The maximum atomic E-state index is 12.7. The Morgan fingerprint density at radius 2 is 1.95 bits per heavy atom. The van der Waals surface area contributed by atoms with Crippen LogP contribution < -0.4 is 5.32 Å². The van der Waals surface area contributed by atoms with Crippen molar-refractivity contribution in [1.82, 2.24) is 9.62 Å². The second-order valence-electron chi connectivity index (χ2n) is 5.70. The van der Waals surface area contributed by atoms with E-state index in [2.05, 4.69) is 5.32 Å². The highest BCUT2D eigenvalue weighted by atomic mass is 35.5. The molecule has 0 spiro atoms. The monoisotopic (exact) mass is 350 g/mol. The minimum absolute atomic E-state index is 0. The molecule has 21 heavy (non-hydrogen) atoms. The predicted octanol–water partition coefficient (Wildman–Crippen LogP) is 2.59. The fourth-order valence-electron chi connectivity index (χ4n) is 3.01. The van der Waals surface area contributed by atoms with E-state index in [4.69, 9.17) is 11.6 Å². The second-order valence-corrected chi connectivity index (χ2v) is 8.05. The molecule has 1 aromatic rings. The Hall–Kier alpha value is -0.330. The number of nitrogens with zero attached hydrogens (tertiary/aromatic N) is 1. The van der Waals surface area contributed by atoms with Gasteiger partial charge in [-0.1, -0.05) is 17.7 Å². The van der Waals surface area contributed by atoms with E-state index in [-0.39, 0.29) is 18.4 Å². The van der Waals surface area contributed by atoms with Gasteiger partial charge in [0.25, 0.3) is 0 Å². The normalized spacial score (nSPS) is 26.2. The lowest BCUT2D eigenvalue weighted by Gasteiger charge is -2.23. The summed E-state index contributed by atoms with van der Waals surface area (Å²) in [6.45, 7) is 3.01. The van der Waals surface area contributed by atoms with Crippen molar-refractivity contribution in [2.75, 3.05) is 13.1 Å². The number of hydrogen-bond acceptors (Lipinski definition) is 3. The lowest BCUT2D eigenvalue weighted by atomic mass is 10.1. The molecule has 1 aromatic carbocycles. The summed E-state index contributed by atoms with van der Waals surface area (Å²) in [6.07, 6.45) is 3.11. The van der Waals surface area contributed by atoms with Crippen LogP contribution in [0.1, 0.15) is 24.8 Å². The molecule has 118 valence electrons. The summed E-state index contributed by atoms with van der Waals surface area (Å²) in [4.78, 5) is 0.297. The van der Waals surface area contributed by atoms with Crippen LogP contribution in [0.4, 0.5) is 0 Å². The van der Waals surface area contributed by atoms with Gasteiger partial charge in [-0.3, -0.25) is 0 Å². The molecule has 0 radical (unpaired) electrons. The molecule has 2 unspecified atom stereocenters. The molecule has 4 nitrogen and oxygen atoms in total. The first-order chi connectivity index (χ1) is 9.46. The van der Waals surface area contributed by atoms with Gasteiger partial charge in [-0.25, -0.2) is 8.42 Å². The van der Waals surface area contributed by atoms with Crippen molar-refractivity contribution >= 4 is 34.0 Å². The van der Waals surface area contributed by atoms with Crippen molar-refractivity contribution in [2.45, 2.75) is 43.2 Å². The Kier molecular flexibility index (Phi) is 5.21. The van der Waals surface area contributed by atoms with Gasteiger partial charge in [0.2, 0.25) is 10.0 Å². The zero-order valence-electron chi connectivity index (χ0n) is 11.9. The Labute approximate surface area is 137 Å². The molecule has 2 bridgehead atoms. The Morgan fingerprint density at radius 3 is 2.67 bits per heavy atom. The quantitative estimate of drug-likeness (QED) is 0.891. The Bertz CT molecular complexity index is 621. The summed E-state index contributed by atoms with van der Waals surface area (Å²) in [6, 6.07) is 5.73. The number of nitrogens with one attached hydrogen (secondary N) is 1. The smallest absolute Gasteiger partial charge is 0.243 e. The van der Waals surface area contributed by atoms with E-state index in [9.17, 15) is 8.42 Å². The van der Waals surface area contributed by atoms with Gasteiger partial charge in [-0.2, -0.15) is 4.31 Å². The van der Waals surface area contributed by atoms with E-state index < -0.39 is 10.0 Å². The highest BCUT2D eigenvalue weighted by Gasteiger charge is 2.34. The van der Waals surface area contributed by atoms with Crippen LogP contribution >= 0.6 is 24.0 Å². The van der Waals surface area contributed by atoms with Crippen molar-refractivity contribution in [2.24, 2.45) is 0 Å². The molecule has 0 saturated carbocycles. The number of halogens is 2. The minimum atomic E-state index is -3.44. The average molecular weight is 351 g/mol. The van der Waals surface area contributed by atoms with Crippen LogP contribution in [0.2, 0.25) is 5.02 Å². The maximum Gasteiger partial charge on any atom is 0.243 e. The van der Waals surface area contributed by atoms with E-state index in [1.165, 1.54) is 0 Å². The van der Waals surface area contributed by atoms with Gasteiger partial charge < -0.3 is 5.32 Å². The summed E-state index contributed by atoms with van der Waals surface area (Å²) in [5, 5.41) is 4.00. The molecular formula is C14H20Cl2N2O2S. The van der Waals surface area contributed by atoms with Crippen LogP contribution in [-0.4, -0.2) is 37.9 Å². The van der Waals surface area contributed by atoms with Gasteiger partial charge in [0.05, 0.1) is 4.90 Å². The molecule has 1 N–H and O–H groups in total. The first-order valence-corrected chi connectivity index (χ1v) is 8.81. The molecule has 0 aliphatic carbocycles. The molecular weight excluding hydrogens is 331 g/mol. The van der Waals surface area contributed by atoms with E-state index in [1.807, 2.05) is 6.92 Å². The van der Waals surface area contributed by atoms with Crippen molar-refractivity contribution in [3.63, 3.8) is 0 Å². The van der Waals surface area contributed by atoms with Crippen LogP contribution in [0, 0.1) is 6.92 Å². The molecule has 3 rings (SSSR count). The fraction of sp³-hybridized carbons (Fsp3) is 0.571. The standard InChI is InChI=1S/C14H19ClN2O2S.ClH/c1-10-2-5-13(8-14(10)15)20(18,19)17-7-6-11-3-4-12(9-17)16-11;/h2,5,8,11-12,16H,3-4,6-7,9H2,1H3;1H.